The second-order valence-corrected chi connectivity index (χ2v) is 6.48. The summed E-state index contributed by atoms with van der Waals surface area (Å²) >= 11 is 5.27. The van der Waals surface area contributed by atoms with Gasteiger partial charge in [-0.15, -0.1) is 0 Å². The van der Waals surface area contributed by atoms with Gasteiger partial charge in [-0.25, -0.2) is 9.69 Å². The summed E-state index contributed by atoms with van der Waals surface area (Å²) < 4.78 is 11.3. The Bertz CT molecular complexity index is 584. The summed E-state index contributed by atoms with van der Waals surface area (Å²) in [5.41, 5.74) is 2.21. The van der Waals surface area contributed by atoms with E-state index in [1.165, 1.54) is 10.5 Å². The molecule has 0 bridgehead atoms. The minimum absolute atomic E-state index is 0.159. The van der Waals surface area contributed by atoms with Gasteiger partial charge in [0.2, 0.25) is 0 Å². The van der Waals surface area contributed by atoms with Crippen LogP contribution < -0.4 is 5.32 Å². The smallest absolute Gasteiger partial charge is 0.327 e. The van der Waals surface area contributed by atoms with Crippen LogP contribution >= 0.6 is 12.2 Å². The third kappa shape index (κ3) is 3.48. The van der Waals surface area contributed by atoms with E-state index in [9.17, 15) is 4.79 Å². The minimum atomic E-state index is -0.246. The molecule has 0 aromatic heterocycles. The van der Waals surface area contributed by atoms with E-state index < -0.39 is 0 Å². The molecule has 2 heterocycles. The molecule has 3 rings (SSSR count). The zero-order valence-electron chi connectivity index (χ0n) is 13.5. The van der Waals surface area contributed by atoms with E-state index >= 15 is 0 Å². The quantitative estimate of drug-likeness (QED) is 0.843. The molecule has 1 N–H and O–H groups in total. The number of carbonyl (C=O) groups is 1. The van der Waals surface area contributed by atoms with Crippen molar-refractivity contribution in [2.24, 2.45) is 0 Å². The van der Waals surface area contributed by atoms with E-state index in [0.717, 1.165) is 24.8 Å². The van der Waals surface area contributed by atoms with Crippen LogP contribution in [0.4, 0.5) is 4.79 Å². The van der Waals surface area contributed by atoms with Gasteiger partial charge in [0.05, 0.1) is 6.04 Å². The number of hydrogen-bond donors (Lipinski definition) is 1. The largest absolute Gasteiger partial charge is 0.460 e. The molecule has 2 fully saturated rings. The highest BCUT2D eigenvalue weighted by Gasteiger charge is 2.41. The number of benzene rings is 1. The molecule has 5 nitrogen and oxygen atoms in total. The van der Waals surface area contributed by atoms with Crippen molar-refractivity contribution in [1.82, 2.24) is 10.2 Å². The average molecular weight is 334 g/mol. The van der Waals surface area contributed by atoms with Crippen molar-refractivity contribution < 1.29 is 14.3 Å². The predicted octanol–water partition coefficient (Wildman–Crippen LogP) is 3.28. The Labute approximate surface area is 141 Å². The summed E-state index contributed by atoms with van der Waals surface area (Å²) in [6.45, 7) is 4.68. The maximum Gasteiger partial charge on any atom is 0.327 e. The number of nitrogens with one attached hydrogen (secondary N) is 1. The number of urea groups is 1. The maximum atomic E-state index is 12.5. The molecule has 1 aromatic rings. The highest BCUT2D eigenvalue weighted by atomic mass is 32.1. The minimum Gasteiger partial charge on any atom is -0.460 e. The first-order valence-electron chi connectivity index (χ1n) is 8.05. The molecule has 2 saturated heterocycles. The fraction of sp³-hybridized carbons (Fsp3) is 0.529. The summed E-state index contributed by atoms with van der Waals surface area (Å²) in [5.74, 6) is 0. The molecular weight excluding hydrogens is 312 g/mol. The molecule has 0 aliphatic carbocycles. The van der Waals surface area contributed by atoms with Gasteiger partial charge in [0.1, 0.15) is 12.3 Å². The van der Waals surface area contributed by atoms with Gasteiger partial charge < -0.3 is 14.8 Å². The zero-order chi connectivity index (χ0) is 16.4. The van der Waals surface area contributed by atoms with Gasteiger partial charge in [0.25, 0.3) is 5.17 Å². The van der Waals surface area contributed by atoms with Crippen molar-refractivity contribution in [2.45, 2.75) is 51.5 Å². The molecule has 124 valence electrons. The van der Waals surface area contributed by atoms with E-state index in [-0.39, 0.29) is 29.6 Å². The highest BCUT2D eigenvalue weighted by molar-refractivity contribution is 7.80. The number of amides is 2. The number of rotatable bonds is 2. The average Bonchev–Trinajstić information content (AvgIpc) is 2.84. The zero-order valence-corrected chi connectivity index (χ0v) is 14.3. The van der Waals surface area contributed by atoms with Gasteiger partial charge in [-0.2, -0.15) is 0 Å². The van der Waals surface area contributed by atoms with Gasteiger partial charge in [0, 0.05) is 6.61 Å². The van der Waals surface area contributed by atoms with Crippen molar-refractivity contribution in [1.29, 1.82) is 0 Å². The molecule has 0 saturated carbocycles. The van der Waals surface area contributed by atoms with Crippen LogP contribution in [0.25, 0.3) is 0 Å². The molecule has 3 atom stereocenters. The Morgan fingerprint density at radius 3 is 2.70 bits per heavy atom. The molecule has 2 aliphatic heterocycles. The summed E-state index contributed by atoms with van der Waals surface area (Å²) in [5, 5.41) is 3.12. The number of ether oxygens (including phenoxy) is 2. The summed E-state index contributed by atoms with van der Waals surface area (Å²) in [4.78, 5) is 14.0. The lowest BCUT2D eigenvalue weighted by Crippen LogP contribution is -2.49. The SMILES string of the molecule is Cc1ccc([C@@H]2OC(=S)N(C(=O)NC3CCCCO3)[C@H]2C)cc1. The molecule has 1 aromatic carbocycles. The van der Waals surface area contributed by atoms with Gasteiger partial charge in [-0.3, -0.25) is 0 Å². The van der Waals surface area contributed by atoms with Crippen molar-refractivity contribution in [3.63, 3.8) is 0 Å². The molecule has 2 aliphatic rings. The van der Waals surface area contributed by atoms with Gasteiger partial charge >= 0.3 is 6.03 Å². The van der Waals surface area contributed by atoms with Crippen LogP contribution in [-0.2, 0) is 9.47 Å². The third-order valence-corrected chi connectivity index (χ3v) is 4.65. The Morgan fingerprint density at radius 2 is 2.04 bits per heavy atom. The molecule has 6 heteroatoms. The standard InChI is InChI=1S/C17H22N2O3S/c1-11-6-8-13(9-7-11)15-12(2)19(17(23)22-15)16(20)18-14-5-3-4-10-21-14/h6-9,12,14-15H,3-5,10H2,1-2H3,(H,18,20)/t12-,14?,15+/m0/s1. The van der Waals surface area contributed by atoms with Crippen LogP contribution in [-0.4, -0.2) is 35.0 Å². The van der Waals surface area contributed by atoms with Crippen molar-refractivity contribution in [3.05, 3.63) is 35.4 Å². The second-order valence-electron chi connectivity index (χ2n) is 6.13. The van der Waals surface area contributed by atoms with Crippen LogP contribution in [0.3, 0.4) is 0 Å². The third-order valence-electron chi connectivity index (χ3n) is 4.36. The van der Waals surface area contributed by atoms with Crippen LogP contribution in [0.5, 0.6) is 0 Å². The Balaban J connectivity index is 1.69. The number of nitrogens with zero attached hydrogens (tertiary/aromatic N) is 1. The fourth-order valence-electron chi connectivity index (χ4n) is 3.00. The number of hydrogen-bond acceptors (Lipinski definition) is 4. The Morgan fingerprint density at radius 1 is 1.30 bits per heavy atom. The topological polar surface area (TPSA) is 50.8 Å². The van der Waals surface area contributed by atoms with Crippen molar-refractivity contribution in [3.8, 4) is 0 Å². The first-order valence-corrected chi connectivity index (χ1v) is 8.45. The second kappa shape index (κ2) is 6.84. The van der Waals surface area contributed by atoms with E-state index in [1.54, 1.807) is 0 Å². The molecule has 0 radical (unpaired) electrons. The monoisotopic (exact) mass is 334 g/mol. The summed E-state index contributed by atoms with van der Waals surface area (Å²) in [6.07, 6.45) is 2.48. The van der Waals surface area contributed by atoms with E-state index in [2.05, 4.69) is 5.32 Å². The lowest BCUT2D eigenvalue weighted by molar-refractivity contribution is 0.000350. The van der Waals surface area contributed by atoms with Crippen LogP contribution in [0, 0.1) is 6.92 Å². The van der Waals surface area contributed by atoms with Crippen LogP contribution in [0.1, 0.15) is 43.4 Å². The number of carbonyl (C=O) groups excluding carboxylic acids is 1. The molecular formula is C17H22N2O3S. The van der Waals surface area contributed by atoms with E-state index in [4.69, 9.17) is 21.7 Å². The van der Waals surface area contributed by atoms with Crippen molar-refractivity contribution >= 4 is 23.4 Å². The number of aryl methyl sites for hydroxylation is 1. The fourth-order valence-corrected chi connectivity index (χ4v) is 3.35. The normalized spacial score (nSPS) is 27.7. The van der Waals surface area contributed by atoms with E-state index in [1.807, 2.05) is 38.1 Å². The first kappa shape index (κ1) is 16.2. The van der Waals surface area contributed by atoms with Gasteiger partial charge in [-0.1, -0.05) is 29.8 Å². The summed E-state index contributed by atoms with van der Waals surface area (Å²) in [7, 11) is 0. The molecule has 0 spiro atoms. The molecule has 2 amide bonds. The van der Waals surface area contributed by atoms with Gasteiger partial charge in [0.15, 0.2) is 0 Å². The lowest BCUT2D eigenvalue weighted by Gasteiger charge is -2.27. The highest BCUT2D eigenvalue weighted by Crippen LogP contribution is 2.32. The van der Waals surface area contributed by atoms with Crippen LogP contribution in [0.15, 0.2) is 24.3 Å². The summed E-state index contributed by atoms with van der Waals surface area (Å²) in [6, 6.07) is 7.70. The first-order chi connectivity index (χ1) is 11.1. The predicted molar refractivity (Wildman–Crippen MR) is 91.0 cm³/mol. The number of thiocarbonyl (C=S) groups is 1. The molecule has 1 unspecified atom stereocenters. The maximum absolute atomic E-state index is 12.5. The van der Waals surface area contributed by atoms with Crippen molar-refractivity contribution in [2.75, 3.05) is 6.61 Å². The lowest BCUT2D eigenvalue weighted by atomic mass is 10.0. The Hall–Kier alpha value is -1.66. The Kier molecular flexibility index (Phi) is 4.82. The van der Waals surface area contributed by atoms with Gasteiger partial charge in [-0.05, 0) is 50.9 Å². The molecule has 23 heavy (non-hydrogen) atoms. The van der Waals surface area contributed by atoms with E-state index in [0.29, 0.717) is 6.61 Å². The van der Waals surface area contributed by atoms with Crippen LogP contribution in [0.2, 0.25) is 0 Å².